The molecule has 0 aromatic heterocycles. The minimum atomic E-state index is -0.458. The first-order valence-corrected chi connectivity index (χ1v) is 6.63. The number of ether oxygens (including phenoxy) is 1. The standard InChI is InChI=1S/C15H24N2O2/c1-10(2)14(16)15(18)17-11(3)9-12-7-5-6-8-13(12)19-4/h5-8,10-11,14H,9,16H2,1-4H3,(H,17,18). The minimum absolute atomic E-state index is 0.0219. The Labute approximate surface area is 115 Å². The highest BCUT2D eigenvalue weighted by atomic mass is 16.5. The van der Waals surface area contributed by atoms with Gasteiger partial charge in [0, 0.05) is 6.04 Å². The molecule has 4 heteroatoms. The maximum atomic E-state index is 11.9. The molecule has 0 aliphatic heterocycles. The van der Waals surface area contributed by atoms with Gasteiger partial charge in [0.1, 0.15) is 5.75 Å². The molecule has 4 nitrogen and oxygen atoms in total. The van der Waals surface area contributed by atoms with Crippen molar-refractivity contribution in [3.63, 3.8) is 0 Å². The van der Waals surface area contributed by atoms with E-state index < -0.39 is 6.04 Å². The van der Waals surface area contributed by atoms with Gasteiger partial charge >= 0.3 is 0 Å². The zero-order valence-corrected chi connectivity index (χ0v) is 12.1. The Bertz CT molecular complexity index is 418. The van der Waals surface area contributed by atoms with E-state index in [1.165, 1.54) is 0 Å². The van der Waals surface area contributed by atoms with Gasteiger partial charge in [0.05, 0.1) is 13.2 Å². The summed E-state index contributed by atoms with van der Waals surface area (Å²) in [4.78, 5) is 11.9. The molecule has 0 heterocycles. The van der Waals surface area contributed by atoms with Crippen molar-refractivity contribution in [1.29, 1.82) is 0 Å². The number of hydrogen-bond acceptors (Lipinski definition) is 3. The van der Waals surface area contributed by atoms with Gasteiger partial charge in [-0.3, -0.25) is 4.79 Å². The Kier molecular flexibility index (Phi) is 5.83. The van der Waals surface area contributed by atoms with Crippen LogP contribution in [-0.4, -0.2) is 25.1 Å². The third-order valence-electron chi connectivity index (χ3n) is 3.13. The fourth-order valence-electron chi connectivity index (χ4n) is 1.89. The van der Waals surface area contributed by atoms with Crippen molar-refractivity contribution in [2.75, 3.05) is 7.11 Å². The van der Waals surface area contributed by atoms with E-state index in [0.717, 1.165) is 17.7 Å². The molecule has 0 saturated carbocycles. The lowest BCUT2D eigenvalue weighted by Crippen LogP contribution is -2.47. The molecule has 1 aromatic carbocycles. The molecule has 0 aliphatic carbocycles. The quantitative estimate of drug-likeness (QED) is 0.822. The van der Waals surface area contributed by atoms with E-state index >= 15 is 0 Å². The van der Waals surface area contributed by atoms with Gasteiger partial charge in [0.2, 0.25) is 5.91 Å². The summed E-state index contributed by atoms with van der Waals surface area (Å²) in [5, 5.41) is 2.94. The highest BCUT2D eigenvalue weighted by Gasteiger charge is 2.19. The molecule has 106 valence electrons. The Hall–Kier alpha value is -1.55. The van der Waals surface area contributed by atoms with Crippen LogP contribution in [0.1, 0.15) is 26.3 Å². The summed E-state index contributed by atoms with van der Waals surface area (Å²) in [7, 11) is 1.65. The average molecular weight is 264 g/mol. The second kappa shape index (κ2) is 7.14. The molecular weight excluding hydrogens is 240 g/mol. The number of hydrogen-bond donors (Lipinski definition) is 2. The van der Waals surface area contributed by atoms with Crippen molar-refractivity contribution in [1.82, 2.24) is 5.32 Å². The lowest BCUT2D eigenvalue weighted by molar-refractivity contribution is -0.123. The third-order valence-corrected chi connectivity index (χ3v) is 3.13. The number of methoxy groups -OCH3 is 1. The summed E-state index contributed by atoms with van der Waals surface area (Å²) >= 11 is 0. The Morgan fingerprint density at radius 3 is 2.53 bits per heavy atom. The molecule has 0 aliphatic rings. The summed E-state index contributed by atoms with van der Waals surface area (Å²) in [5.41, 5.74) is 6.90. The molecular formula is C15H24N2O2. The van der Waals surface area contributed by atoms with Gasteiger partial charge in [0.15, 0.2) is 0 Å². The number of benzene rings is 1. The molecule has 2 unspecified atom stereocenters. The van der Waals surface area contributed by atoms with Crippen molar-refractivity contribution in [2.45, 2.75) is 39.3 Å². The van der Waals surface area contributed by atoms with Gasteiger partial charge < -0.3 is 15.8 Å². The van der Waals surface area contributed by atoms with Crippen LogP contribution in [0.2, 0.25) is 0 Å². The fraction of sp³-hybridized carbons (Fsp3) is 0.533. The van der Waals surface area contributed by atoms with Crippen LogP contribution < -0.4 is 15.8 Å². The molecule has 0 radical (unpaired) electrons. The van der Waals surface area contributed by atoms with Gasteiger partial charge in [-0.1, -0.05) is 32.0 Å². The molecule has 0 saturated heterocycles. The molecule has 3 N–H and O–H groups in total. The predicted molar refractivity (Wildman–Crippen MR) is 77.1 cm³/mol. The van der Waals surface area contributed by atoms with E-state index in [4.69, 9.17) is 10.5 Å². The number of nitrogens with two attached hydrogens (primary N) is 1. The first-order chi connectivity index (χ1) is 8.95. The van der Waals surface area contributed by atoms with Crippen molar-refractivity contribution in [3.05, 3.63) is 29.8 Å². The predicted octanol–water partition coefficient (Wildman–Crippen LogP) is 1.73. The molecule has 19 heavy (non-hydrogen) atoms. The monoisotopic (exact) mass is 264 g/mol. The minimum Gasteiger partial charge on any atom is -0.496 e. The van der Waals surface area contributed by atoms with Crippen molar-refractivity contribution < 1.29 is 9.53 Å². The summed E-state index contributed by atoms with van der Waals surface area (Å²) in [5.74, 6) is 0.882. The highest BCUT2D eigenvalue weighted by molar-refractivity contribution is 5.82. The highest BCUT2D eigenvalue weighted by Crippen LogP contribution is 2.18. The van der Waals surface area contributed by atoms with Gasteiger partial charge in [-0.25, -0.2) is 0 Å². The normalized spacial score (nSPS) is 14.0. The van der Waals surface area contributed by atoms with E-state index in [9.17, 15) is 4.79 Å². The molecule has 0 bridgehead atoms. The molecule has 0 spiro atoms. The number of carbonyl (C=O) groups excluding carboxylic acids is 1. The first kappa shape index (κ1) is 15.5. The Morgan fingerprint density at radius 1 is 1.32 bits per heavy atom. The summed E-state index contributed by atoms with van der Waals surface area (Å²) < 4.78 is 5.30. The van der Waals surface area contributed by atoms with Crippen LogP contribution in [0, 0.1) is 5.92 Å². The van der Waals surface area contributed by atoms with Gasteiger partial charge in [-0.15, -0.1) is 0 Å². The van der Waals surface area contributed by atoms with E-state index in [2.05, 4.69) is 5.32 Å². The second-order valence-electron chi connectivity index (χ2n) is 5.20. The maximum absolute atomic E-state index is 11.9. The number of rotatable bonds is 6. The molecule has 1 aromatic rings. The van der Waals surface area contributed by atoms with Crippen LogP contribution in [0.3, 0.4) is 0 Å². The smallest absolute Gasteiger partial charge is 0.237 e. The second-order valence-corrected chi connectivity index (χ2v) is 5.20. The lowest BCUT2D eigenvalue weighted by atomic mass is 10.0. The Balaban J connectivity index is 2.60. The molecule has 0 fully saturated rings. The van der Waals surface area contributed by atoms with Gasteiger partial charge in [0.25, 0.3) is 0 Å². The molecule has 2 atom stereocenters. The van der Waals surface area contributed by atoms with E-state index in [0.29, 0.717) is 0 Å². The summed E-state index contributed by atoms with van der Waals surface area (Å²) in [6.45, 7) is 5.85. The van der Waals surface area contributed by atoms with Crippen LogP contribution in [-0.2, 0) is 11.2 Å². The molecule has 1 amide bonds. The van der Waals surface area contributed by atoms with E-state index in [1.807, 2.05) is 45.0 Å². The number of amides is 1. The van der Waals surface area contributed by atoms with Crippen LogP contribution in [0.15, 0.2) is 24.3 Å². The zero-order chi connectivity index (χ0) is 14.4. The SMILES string of the molecule is COc1ccccc1CC(C)NC(=O)C(N)C(C)C. The van der Waals surface area contributed by atoms with E-state index in [-0.39, 0.29) is 17.9 Å². The number of para-hydroxylation sites is 1. The first-order valence-electron chi connectivity index (χ1n) is 6.63. The number of carbonyl (C=O) groups is 1. The fourth-order valence-corrected chi connectivity index (χ4v) is 1.89. The molecule has 1 rings (SSSR count). The third kappa shape index (κ3) is 4.56. The van der Waals surface area contributed by atoms with Crippen LogP contribution in [0.25, 0.3) is 0 Å². The average Bonchev–Trinajstić information content (AvgIpc) is 2.38. The van der Waals surface area contributed by atoms with Crippen molar-refractivity contribution in [2.24, 2.45) is 11.7 Å². The lowest BCUT2D eigenvalue weighted by Gasteiger charge is -2.20. The van der Waals surface area contributed by atoms with E-state index in [1.54, 1.807) is 7.11 Å². The van der Waals surface area contributed by atoms with Crippen molar-refractivity contribution >= 4 is 5.91 Å². The largest absolute Gasteiger partial charge is 0.496 e. The zero-order valence-electron chi connectivity index (χ0n) is 12.1. The van der Waals surface area contributed by atoms with Crippen molar-refractivity contribution in [3.8, 4) is 5.75 Å². The van der Waals surface area contributed by atoms with Crippen LogP contribution in [0.4, 0.5) is 0 Å². The van der Waals surface area contributed by atoms with Crippen LogP contribution >= 0.6 is 0 Å². The summed E-state index contributed by atoms with van der Waals surface area (Å²) in [6, 6.07) is 7.38. The van der Waals surface area contributed by atoms with Gasteiger partial charge in [-0.2, -0.15) is 0 Å². The van der Waals surface area contributed by atoms with Crippen LogP contribution in [0.5, 0.6) is 5.75 Å². The topological polar surface area (TPSA) is 64.3 Å². The Morgan fingerprint density at radius 2 is 1.95 bits per heavy atom. The maximum Gasteiger partial charge on any atom is 0.237 e. The summed E-state index contributed by atoms with van der Waals surface area (Å²) in [6.07, 6.45) is 0.723. The number of nitrogens with one attached hydrogen (secondary N) is 1. The van der Waals surface area contributed by atoms with Gasteiger partial charge in [-0.05, 0) is 30.9 Å².